The molecule has 0 aromatic heterocycles. The summed E-state index contributed by atoms with van der Waals surface area (Å²) in [6, 6.07) is 6.16. The molecule has 0 unspecified atom stereocenters. The van der Waals surface area contributed by atoms with Crippen LogP contribution in [0.2, 0.25) is 0 Å². The lowest BCUT2D eigenvalue weighted by Gasteiger charge is -2.05. The maximum Gasteiger partial charge on any atom is 0.394 e. The van der Waals surface area contributed by atoms with Crippen LogP contribution in [0, 0.1) is 11.3 Å². The van der Waals surface area contributed by atoms with Gasteiger partial charge in [0.25, 0.3) is 0 Å². The minimum absolute atomic E-state index is 0.0482. The molecule has 76 valence electrons. The number of benzene rings is 1. The van der Waals surface area contributed by atoms with Crippen LogP contribution in [0.4, 0.5) is 11.4 Å². The van der Waals surface area contributed by atoms with Crippen molar-refractivity contribution in [2.45, 2.75) is 0 Å². The van der Waals surface area contributed by atoms with Gasteiger partial charge in [-0.2, -0.15) is 5.26 Å². The van der Waals surface area contributed by atoms with Gasteiger partial charge in [0, 0.05) is 0 Å². The monoisotopic (exact) mass is 205 g/mol. The maximum atomic E-state index is 10.8. The van der Waals surface area contributed by atoms with Gasteiger partial charge >= 0.3 is 11.9 Å². The number of carbonyl (C=O) groups excluding carboxylic acids is 1. The first-order valence-corrected chi connectivity index (χ1v) is 3.89. The van der Waals surface area contributed by atoms with E-state index >= 15 is 0 Å². The molecule has 15 heavy (non-hydrogen) atoms. The number of nitrogens with two attached hydrogens (primary N) is 1. The number of nitriles is 1. The maximum absolute atomic E-state index is 10.8. The van der Waals surface area contributed by atoms with E-state index in [0.29, 0.717) is 0 Å². The van der Waals surface area contributed by atoms with Gasteiger partial charge in [-0.25, -0.2) is 4.79 Å². The second-order valence-corrected chi connectivity index (χ2v) is 2.64. The average molecular weight is 205 g/mol. The van der Waals surface area contributed by atoms with Gasteiger partial charge in [-0.15, -0.1) is 0 Å². The van der Waals surface area contributed by atoms with E-state index in [4.69, 9.17) is 16.1 Å². The number of nitrogens with one attached hydrogen (secondary N) is 1. The standard InChI is InChI=1S/C9H7N3O3/c10-4-5-6(11)2-1-3-7(5)12-8(13)9(14)15/h1-3H,11H2,(H,12,13)(H,14,15). The Bertz CT molecular complexity index is 462. The number of aliphatic carboxylic acids is 1. The minimum Gasteiger partial charge on any atom is -0.474 e. The third-order valence-electron chi connectivity index (χ3n) is 1.65. The molecule has 0 bridgehead atoms. The Kier molecular flexibility index (Phi) is 2.88. The van der Waals surface area contributed by atoms with Crippen molar-refractivity contribution in [2.75, 3.05) is 11.1 Å². The highest BCUT2D eigenvalue weighted by Gasteiger charge is 2.14. The summed E-state index contributed by atoms with van der Waals surface area (Å²) in [6.45, 7) is 0. The lowest BCUT2D eigenvalue weighted by atomic mass is 10.1. The minimum atomic E-state index is -1.62. The number of amides is 1. The molecule has 6 nitrogen and oxygen atoms in total. The van der Waals surface area contributed by atoms with Crippen LogP contribution in [0.15, 0.2) is 18.2 Å². The fraction of sp³-hybridized carbons (Fsp3) is 0. The van der Waals surface area contributed by atoms with Gasteiger partial charge in [0.05, 0.1) is 16.9 Å². The molecule has 1 aromatic rings. The molecule has 0 aliphatic rings. The number of carboxylic acid groups (broad SMARTS) is 1. The van der Waals surface area contributed by atoms with Crippen LogP contribution in [-0.2, 0) is 9.59 Å². The van der Waals surface area contributed by atoms with Crippen molar-refractivity contribution >= 4 is 23.3 Å². The van der Waals surface area contributed by atoms with E-state index in [0.717, 1.165) is 0 Å². The molecule has 6 heteroatoms. The Labute approximate surface area is 84.9 Å². The number of carbonyl (C=O) groups is 2. The Morgan fingerprint density at radius 3 is 2.67 bits per heavy atom. The van der Waals surface area contributed by atoms with Crippen molar-refractivity contribution in [3.63, 3.8) is 0 Å². The molecule has 0 radical (unpaired) electrons. The lowest BCUT2D eigenvalue weighted by Crippen LogP contribution is -2.22. The predicted molar refractivity (Wildman–Crippen MR) is 51.8 cm³/mol. The van der Waals surface area contributed by atoms with Crippen molar-refractivity contribution in [1.29, 1.82) is 5.26 Å². The molecule has 1 aromatic carbocycles. The molecule has 0 fully saturated rings. The second kappa shape index (κ2) is 4.11. The van der Waals surface area contributed by atoms with E-state index in [1.807, 2.05) is 0 Å². The topological polar surface area (TPSA) is 116 Å². The molecule has 0 heterocycles. The van der Waals surface area contributed by atoms with Gasteiger partial charge in [0.2, 0.25) is 0 Å². The van der Waals surface area contributed by atoms with Crippen LogP contribution in [0.1, 0.15) is 5.56 Å². The number of nitrogens with zero attached hydrogens (tertiary/aromatic N) is 1. The first-order chi connectivity index (χ1) is 7.06. The van der Waals surface area contributed by atoms with Gasteiger partial charge in [-0.1, -0.05) is 6.07 Å². The van der Waals surface area contributed by atoms with E-state index < -0.39 is 11.9 Å². The molecule has 0 saturated heterocycles. The Morgan fingerprint density at radius 1 is 1.47 bits per heavy atom. The van der Waals surface area contributed by atoms with Crippen LogP contribution in [-0.4, -0.2) is 17.0 Å². The molecule has 1 rings (SSSR count). The molecule has 0 aliphatic carbocycles. The zero-order valence-electron chi connectivity index (χ0n) is 7.52. The highest BCUT2D eigenvalue weighted by atomic mass is 16.4. The predicted octanol–water partition coefficient (Wildman–Crippen LogP) is 0.164. The average Bonchev–Trinajstić information content (AvgIpc) is 2.18. The van der Waals surface area contributed by atoms with Gasteiger partial charge in [0.15, 0.2) is 0 Å². The SMILES string of the molecule is N#Cc1c(N)cccc1NC(=O)C(=O)O. The fourth-order valence-electron chi connectivity index (χ4n) is 0.975. The van der Waals surface area contributed by atoms with Gasteiger partial charge in [-0.3, -0.25) is 4.79 Å². The van der Waals surface area contributed by atoms with Gasteiger partial charge in [0.1, 0.15) is 6.07 Å². The number of carboxylic acids is 1. The van der Waals surface area contributed by atoms with Crippen molar-refractivity contribution in [3.05, 3.63) is 23.8 Å². The number of hydrogen-bond acceptors (Lipinski definition) is 4. The molecular weight excluding hydrogens is 198 g/mol. The Morgan fingerprint density at radius 2 is 2.13 bits per heavy atom. The highest BCUT2D eigenvalue weighted by Crippen LogP contribution is 2.20. The van der Waals surface area contributed by atoms with Crippen molar-refractivity contribution in [2.24, 2.45) is 0 Å². The van der Waals surface area contributed by atoms with Crippen molar-refractivity contribution < 1.29 is 14.7 Å². The summed E-state index contributed by atoms with van der Waals surface area (Å²) in [5, 5.41) is 19.1. The largest absolute Gasteiger partial charge is 0.474 e. The smallest absolute Gasteiger partial charge is 0.394 e. The van der Waals surface area contributed by atoms with E-state index in [2.05, 4.69) is 5.32 Å². The number of nitrogen functional groups attached to an aromatic ring is 1. The molecular formula is C9H7N3O3. The first-order valence-electron chi connectivity index (χ1n) is 3.89. The van der Waals surface area contributed by atoms with E-state index in [1.54, 1.807) is 6.07 Å². The van der Waals surface area contributed by atoms with E-state index in [1.165, 1.54) is 18.2 Å². The molecule has 4 N–H and O–H groups in total. The summed E-state index contributed by atoms with van der Waals surface area (Å²) >= 11 is 0. The number of anilines is 2. The summed E-state index contributed by atoms with van der Waals surface area (Å²) in [5.74, 6) is -2.83. The summed E-state index contributed by atoms with van der Waals surface area (Å²) in [7, 11) is 0. The van der Waals surface area contributed by atoms with Crippen LogP contribution in [0.25, 0.3) is 0 Å². The summed E-state index contributed by atoms with van der Waals surface area (Å²) in [4.78, 5) is 21.1. The summed E-state index contributed by atoms with van der Waals surface area (Å²) in [6.07, 6.45) is 0. The highest BCUT2D eigenvalue weighted by molar-refractivity contribution is 6.36. The Balaban J connectivity index is 3.06. The number of rotatable bonds is 1. The number of hydrogen-bond donors (Lipinski definition) is 3. The molecule has 0 saturated carbocycles. The van der Waals surface area contributed by atoms with Crippen LogP contribution in [0.3, 0.4) is 0 Å². The second-order valence-electron chi connectivity index (χ2n) is 2.64. The van der Waals surface area contributed by atoms with Crippen molar-refractivity contribution in [3.8, 4) is 6.07 Å². The van der Waals surface area contributed by atoms with E-state index in [9.17, 15) is 9.59 Å². The third-order valence-corrected chi connectivity index (χ3v) is 1.65. The van der Waals surface area contributed by atoms with Crippen molar-refractivity contribution in [1.82, 2.24) is 0 Å². The molecule has 0 atom stereocenters. The molecule has 0 aliphatic heterocycles. The van der Waals surface area contributed by atoms with E-state index in [-0.39, 0.29) is 16.9 Å². The zero-order chi connectivity index (χ0) is 11.4. The summed E-state index contributed by atoms with van der Waals surface area (Å²) < 4.78 is 0. The quantitative estimate of drug-likeness (QED) is 0.446. The fourth-order valence-corrected chi connectivity index (χ4v) is 0.975. The third kappa shape index (κ3) is 2.22. The Hall–Kier alpha value is -2.55. The molecule has 0 spiro atoms. The molecule has 1 amide bonds. The van der Waals surface area contributed by atoms with Gasteiger partial charge < -0.3 is 16.2 Å². The van der Waals surface area contributed by atoms with Crippen LogP contribution >= 0.6 is 0 Å². The van der Waals surface area contributed by atoms with Crippen LogP contribution in [0.5, 0.6) is 0 Å². The normalized spacial score (nSPS) is 9.00. The first kappa shape index (κ1) is 10.5. The lowest BCUT2D eigenvalue weighted by molar-refractivity contribution is -0.147. The summed E-state index contributed by atoms with van der Waals surface area (Å²) in [5.41, 5.74) is 5.78. The van der Waals surface area contributed by atoms with Crippen LogP contribution < -0.4 is 11.1 Å². The van der Waals surface area contributed by atoms with Gasteiger partial charge in [-0.05, 0) is 12.1 Å². The zero-order valence-corrected chi connectivity index (χ0v) is 7.52.